The molecule has 0 amide bonds. The van der Waals surface area contributed by atoms with Gasteiger partial charge in [-0.3, -0.25) is 0 Å². The van der Waals surface area contributed by atoms with E-state index in [1.807, 2.05) is 55.5 Å². The van der Waals surface area contributed by atoms with Crippen LogP contribution in [0.25, 0.3) is 60.3 Å². The van der Waals surface area contributed by atoms with Crippen molar-refractivity contribution in [2.75, 3.05) is 0 Å². The highest BCUT2D eigenvalue weighted by molar-refractivity contribution is 6.15. The zero-order chi connectivity index (χ0) is 30.7. The molecule has 4 aromatic carbocycles. The van der Waals surface area contributed by atoms with Gasteiger partial charge in [0.25, 0.3) is 0 Å². The quantitative estimate of drug-likeness (QED) is 0.181. The minimum Gasteiger partial charge on any atom is -0.456 e. The molecule has 6 aromatic rings. The molecule has 0 N–H and O–H groups in total. The summed E-state index contributed by atoms with van der Waals surface area (Å²) < 4.78 is 57.7. The van der Waals surface area contributed by atoms with E-state index in [0.717, 1.165) is 27.5 Å². The summed E-state index contributed by atoms with van der Waals surface area (Å²) in [7, 11) is 1.78. The number of benzene rings is 4. The third-order valence-corrected chi connectivity index (χ3v) is 6.93. The Morgan fingerprint density at radius 1 is 0.757 bits per heavy atom. The number of rotatable bonds is 3. The number of fused-ring (bicyclic) bond motifs is 3. The first-order chi connectivity index (χ1) is 20.4. The number of furan rings is 1. The molecule has 0 atom stereocenters. The minimum atomic E-state index is -2.49. The maximum Gasteiger partial charge on any atom is 0.216 e. The molecule has 0 bridgehead atoms. The molecule has 3 heteroatoms. The first kappa shape index (κ1) is 16.9. The molecule has 0 unspecified atom stereocenters. The highest BCUT2D eigenvalue weighted by Crippen LogP contribution is 2.44. The maximum atomic E-state index is 8.29. The molecular formula is C34H27N2O+. The zero-order valence-electron chi connectivity index (χ0n) is 26.5. The van der Waals surface area contributed by atoms with Gasteiger partial charge in [-0.15, -0.1) is 0 Å². The number of pyridine rings is 1. The summed E-state index contributed by atoms with van der Waals surface area (Å²) in [6.07, 6.45) is 1.56. The Labute approximate surface area is 225 Å². The predicted molar refractivity (Wildman–Crippen MR) is 152 cm³/mol. The fraction of sp³-hybridized carbons (Fsp3) is 0.118. The van der Waals surface area contributed by atoms with Crippen molar-refractivity contribution in [3.63, 3.8) is 0 Å². The summed E-state index contributed by atoms with van der Waals surface area (Å²) in [5.74, 6) is 0. The third-order valence-electron chi connectivity index (χ3n) is 6.93. The monoisotopic (exact) mass is 485 g/mol. The lowest BCUT2D eigenvalue weighted by atomic mass is 9.94. The lowest BCUT2D eigenvalue weighted by molar-refractivity contribution is -0.660. The summed E-state index contributed by atoms with van der Waals surface area (Å²) >= 11 is 0. The van der Waals surface area contributed by atoms with Crippen LogP contribution in [0.2, 0.25) is 0 Å². The molecule has 2 heterocycles. The van der Waals surface area contributed by atoms with Crippen molar-refractivity contribution < 1.29 is 17.2 Å². The maximum absolute atomic E-state index is 8.29. The van der Waals surface area contributed by atoms with E-state index >= 15 is 0 Å². The number of aromatic nitrogens is 1. The van der Waals surface area contributed by atoms with E-state index < -0.39 is 13.7 Å². The summed E-state index contributed by atoms with van der Waals surface area (Å²) in [6.45, 7) is 4.84. The minimum absolute atomic E-state index is 0.0537. The van der Waals surface area contributed by atoms with Crippen LogP contribution in [-0.2, 0) is 7.05 Å². The SMILES string of the molecule is [2H]C([2H])([2H])c1ccccc1-c1cc(-c2c(C)ccc3c2oc2c(-c4ccccc4)c([N+]#[C-])ccc23)[n+](C)cc1C([2H])([2H])[2H]. The molecular weight excluding hydrogens is 452 g/mol. The molecule has 0 aliphatic rings. The van der Waals surface area contributed by atoms with Gasteiger partial charge < -0.3 is 4.42 Å². The predicted octanol–water partition coefficient (Wildman–Crippen LogP) is 8.89. The van der Waals surface area contributed by atoms with Crippen LogP contribution in [-0.4, -0.2) is 0 Å². The third kappa shape index (κ3) is 3.61. The van der Waals surface area contributed by atoms with Gasteiger partial charge in [0.15, 0.2) is 11.9 Å². The van der Waals surface area contributed by atoms with Crippen LogP contribution in [0, 0.1) is 27.2 Å². The van der Waals surface area contributed by atoms with Gasteiger partial charge in [0.2, 0.25) is 5.69 Å². The van der Waals surface area contributed by atoms with Crippen molar-refractivity contribution in [3.05, 3.63) is 119 Å². The molecule has 0 spiro atoms. The standard InChI is InChI=1S/C34H27N2O/c1-21-11-9-10-14-25(21)28-19-30(36(5)20-23(28)3)31-22(2)15-16-26-27-17-18-29(35-4)32(34(27)37-33(26)31)24-12-7-6-8-13-24/h6-20H,1-3,5H3/q+1/i1D3,3D3. The fourth-order valence-corrected chi connectivity index (χ4v) is 5.13. The van der Waals surface area contributed by atoms with Crippen molar-refractivity contribution in [2.24, 2.45) is 7.05 Å². The number of nitrogens with zero attached hydrogens (tertiary/aromatic N) is 2. The first-order valence-corrected chi connectivity index (χ1v) is 12.0. The number of hydrogen-bond donors (Lipinski definition) is 0. The van der Waals surface area contributed by atoms with Gasteiger partial charge in [-0.2, -0.15) is 0 Å². The molecule has 6 rings (SSSR count). The molecule has 3 nitrogen and oxygen atoms in total. The number of hydrogen-bond acceptors (Lipinski definition) is 1. The van der Waals surface area contributed by atoms with E-state index in [9.17, 15) is 0 Å². The average Bonchev–Trinajstić information content (AvgIpc) is 3.35. The molecule has 0 saturated heterocycles. The smallest absolute Gasteiger partial charge is 0.216 e. The Bertz CT molecular complexity index is 2080. The molecule has 0 radical (unpaired) electrons. The van der Waals surface area contributed by atoms with Crippen LogP contribution >= 0.6 is 0 Å². The Kier molecular flexibility index (Phi) is 4.00. The van der Waals surface area contributed by atoms with Crippen molar-refractivity contribution in [1.29, 1.82) is 0 Å². The van der Waals surface area contributed by atoms with E-state index in [-0.39, 0.29) is 11.1 Å². The van der Waals surface area contributed by atoms with Gasteiger partial charge >= 0.3 is 0 Å². The van der Waals surface area contributed by atoms with Crippen LogP contribution in [0.5, 0.6) is 0 Å². The van der Waals surface area contributed by atoms with Gasteiger partial charge in [0.1, 0.15) is 18.2 Å². The van der Waals surface area contributed by atoms with E-state index in [0.29, 0.717) is 39.2 Å². The second-order valence-corrected chi connectivity index (χ2v) is 9.19. The Morgan fingerprint density at radius 3 is 2.22 bits per heavy atom. The highest BCUT2D eigenvalue weighted by Gasteiger charge is 2.24. The van der Waals surface area contributed by atoms with Crippen LogP contribution in [0.3, 0.4) is 0 Å². The average molecular weight is 486 g/mol. The van der Waals surface area contributed by atoms with Crippen molar-refractivity contribution in [3.8, 4) is 33.5 Å². The molecule has 37 heavy (non-hydrogen) atoms. The molecule has 2 aromatic heterocycles. The molecule has 0 aliphatic heterocycles. The second kappa shape index (κ2) is 8.76. The van der Waals surface area contributed by atoms with Crippen LogP contribution < -0.4 is 4.57 Å². The topological polar surface area (TPSA) is 21.4 Å². The van der Waals surface area contributed by atoms with E-state index in [1.54, 1.807) is 48.1 Å². The van der Waals surface area contributed by atoms with Crippen LogP contribution in [0.1, 0.15) is 24.9 Å². The van der Waals surface area contributed by atoms with Crippen molar-refractivity contribution >= 4 is 27.6 Å². The van der Waals surface area contributed by atoms with Crippen molar-refractivity contribution in [2.45, 2.75) is 20.6 Å². The molecule has 178 valence electrons. The fourth-order valence-electron chi connectivity index (χ4n) is 5.13. The van der Waals surface area contributed by atoms with Crippen molar-refractivity contribution in [1.82, 2.24) is 0 Å². The number of aryl methyl sites for hydroxylation is 4. The largest absolute Gasteiger partial charge is 0.456 e. The van der Waals surface area contributed by atoms with Gasteiger partial charge in [-0.05, 0) is 48.4 Å². The lowest BCUT2D eigenvalue weighted by Crippen LogP contribution is -2.31. The Hall–Kier alpha value is -4.68. The first-order valence-electron chi connectivity index (χ1n) is 15.0. The Balaban J connectivity index is 1.71. The van der Waals surface area contributed by atoms with Gasteiger partial charge in [0.05, 0.1) is 12.1 Å². The van der Waals surface area contributed by atoms with Gasteiger partial charge in [-0.1, -0.05) is 78.9 Å². The van der Waals surface area contributed by atoms with E-state index in [1.165, 1.54) is 6.07 Å². The lowest BCUT2D eigenvalue weighted by Gasteiger charge is -2.12. The normalized spacial score (nSPS) is 14.3. The Morgan fingerprint density at radius 2 is 1.46 bits per heavy atom. The highest BCUT2D eigenvalue weighted by atomic mass is 16.3. The molecule has 0 fully saturated rings. The zero-order valence-corrected chi connectivity index (χ0v) is 20.5. The van der Waals surface area contributed by atoms with Crippen LogP contribution in [0.15, 0.2) is 95.5 Å². The van der Waals surface area contributed by atoms with Gasteiger partial charge in [-0.25, -0.2) is 9.41 Å². The molecule has 0 aliphatic carbocycles. The van der Waals surface area contributed by atoms with E-state index in [2.05, 4.69) is 4.85 Å². The summed E-state index contributed by atoms with van der Waals surface area (Å²) in [5, 5.41) is 1.71. The van der Waals surface area contributed by atoms with E-state index in [4.69, 9.17) is 19.2 Å². The van der Waals surface area contributed by atoms with Crippen LogP contribution in [0.4, 0.5) is 5.69 Å². The molecule has 0 saturated carbocycles. The van der Waals surface area contributed by atoms with Gasteiger partial charge in [0, 0.05) is 36.2 Å². The summed E-state index contributed by atoms with van der Waals surface area (Å²) in [6, 6.07) is 25.6. The summed E-state index contributed by atoms with van der Waals surface area (Å²) in [4.78, 5) is 3.77. The summed E-state index contributed by atoms with van der Waals surface area (Å²) in [5.41, 5.74) is 6.37. The second-order valence-electron chi connectivity index (χ2n) is 9.19.